The van der Waals surface area contributed by atoms with Crippen LogP contribution in [0.25, 0.3) is 0 Å². The van der Waals surface area contributed by atoms with Crippen molar-refractivity contribution in [2.75, 3.05) is 20.3 Å². The second-order valence-corrected chi connectivity index (χ2v) is 4.68. The van der Waals surface area contributed by atoms with E-state index in [4.69, 9.17) is 19.3 Å². The average molecular weight is 302 g/mol. The van der Waals surface area contributed by atoms with Crippen molar-refractivity contribution in [1.82, 2.24) is 0 Å². The molecule has 0 aromatic heterocycles. The van der Waals surface area contributed by atoms with Gasteiger partial charge in [0.25, 0.3) is 0 Å². The zero-order valence-corrected chi connectivity index (χ0v) is 12.5. The van der Waals surface area contributed by atoms with E-state index in [-0.39, 0.29) is 12.2 Å². The van der Waals surface area contributed by atoms with Crippen LogP contribution in [0.3, 0.4) is 0 Å². The largest absolute Gasteiger partial charge is 0.493 e. The second kappa shape index (κ2) is 7.36. The lowest BCUT2D eigenvalue weighted by atomic mass is 10.2. The van der Waals surface area contributed by atoms with Crippen LogP contribution in [0.2, 0.25) is 0 Å². The topological polar surface area (TPSA) is 65.0 Å². The van der Waals surface area contributed by atoms with Crippen LogP contribution in [-0.4, -0.2) is 31.4 Å². The summed E-state index contributed by atoms with van der Waals surface area (Å²) in [6, 6.07) is 12.2. The Kier molecular flexibility index (Phi) is 5.25. The van der Waals surface area contributed by atoms with Crippen molar-refractivity contribution in [3.8, 4) is 17.2 Å². The highest BCUT2D eigenvalue weighted by Crippen LogP contribution is 2.28. The van der Waals surface area contributed by atoms with Gasteiger partial charge in [0.1, 0.15) is 19.0 Å². The minimum absolute atomic E-state index is 0.149. The standard InChI is InChI=1S/C17H18O5/c1-12-4-3-5-14(10-12)21-8-9-22-16-11-13(17(18)19)6-7-15(16)20-2/h3-7,10-11H,8-9H2,1-2H3,(H,18,19). The molecule has 2 rings (SSSR count). The van der Waals surface area contributed by atoms with Crippen LogP contribution >= 0.6 is 0 Å². The molecular weight excluding hydrogens is 284 g/mol. The summed E-state index contributed by atoms with van der Waals surface area (Å²) >= 11 is 0. The van der Waals surface area contributed by atoms with Crippen molar-refractivity contribution in [3.05, 3.63) is 53.6 Å². The molecule has 5 nitrogen and oxygen atoms in total. The summed E-state index contributed by atoms with van der Waals surface area (Å²) < 4.78 is 16.3. The number of benzene rings is 2. The number of methoxy groups -OCH3 is 1. The van der Waals surface area contributed by atoms with Gasteiger partial charge in [-0.1, -0.05) is 12.1 Å². The zero-order chi connectivity index (χ0) is 15.9. The molecule has 0 fully saturated rings. The number of hydrogen-bond acceptors (Lipinski definition) is 4. The number of carbonyl (C=O) groups is 1. The van der Waals surface area contributed by atoms with Crippen molar-refractivity contribution in [2.45, 2.75) is 6.92 Å². The minimum Gasteiger partial charge on any atom is -0.493 e. The first-order valence-electron chi connectivity index (χ1n) is 6.84. The number of ether oxygens (including phenoxy) is 3. The van der Waals surface area contributed by atoms with Gasteiger partial charge in [-0.25, -0.2) is 4.79 Å². The number of aromatic carboxylic acids is 1. The van der Waals surface area contributed by atoms with E-state index in [9.17, 15) is 4.79 Å². The Labute approximate surface area is 129 Å². The molecule has 2 aromatic rings. The van der Waals surface area contributed by atoms with Gasteiger partial charge >= 0.3 is 5.97 Å². The lowest BCUT2D eigenvalue weighted by Crippen LogP contribution is -2.10. The molecule has 0 bridgehead atoms. The van der Waals surface area contributed by atoms with Crippen LogP contribution < -0.4 is 14.2 Å². The van der Waals surface area contributed by atoms with E-state index in [1.807, 2.05) is 31.2 Å². The lowest BCUT2D eigenvalue weighted by Gasteiger charge is -2.12. The average Bonchev–Trinajstić information content (AvgIpc) is 2.51. The van der Waals surface area contributed by atoms with E-state index in [0.717, 1.165) is 11.3 Å². The number of hydrogen-bond donors (Lipinski definition) is 1. The second-order valence-electron chi connectivity index (χ2n) is 4.68. The van der Waals surface area contributed by atoms with Crippen molar-refractivity contribution in [3.63, 3.8) is 0 Å². The van der Waals surface area contributed by atoms with Crippen LogP contribution in [0.5, 0.6) is 17.2 Å². The number of carboxylic acids is 1. The highest BCUT2D eigenvalue weighted by atomic mass is 16.5. The molecule has 0 saturated heterocycles. The van der Waals surface area contributed by atoms with Crippen molar-refractivity contribution in [1.29, 1.82) is 0 Å². The molecule has 2 aromatic carbocycles. The van der Waals surface area contributed by atoms with Gasteiger partial charge in [0, 0.05) is 0 Å². The Morgan fingerprint density at radius 2 is 1.82 bits per heavy atom. The maximum Gasteiger partial charge on any atom is 0.335 e. The molecule has 0 atom stereocenters. The predicted octanol–water partition coefficient (Wildman–Crippen LogP) is 3.16. The maximum atomic E-state index is 11.0. The Bertz CT molecular complexity index is 651. The molecule has 0 unspecified atom stereocenters. The smallest absolute Gasteiger partial charge is 0.335 e. The summed E-state index contributed by atoms with van der Waals surface area (Å²) in [5.41, 5.74) is 1.27. The van der Waals surface area contributed by atoms with Gasteiger partial charge in [-0.2, -0.15) is 0 Å². The van der Waals surface area contributed by atoms with Crippen LogP contribution in [-0.2, 0) is 0 Å². The van der Waals surface area contributed by atoms with Gasteiger partial charge in [0.15, 0.2) is 11.5 Å². The van der Waals surface area contributed by atoms with Crippen molar-refractivity contribution in [2.24, 2.45) is 0 Å². The SMILES string of the molecule is COc1ccc(C(=O)O)cc1OCCOc1cccc(C)c1. The predicted molar refractivity (Wildman–Crippen MR) is 82.1 cm³/mol. The molecule has 5 heteroatoms. The van der Waals surface area contributed by atoms with E-state index in [1.165, 1.54) is 19.2 Å². The number of aryl methyl sites for hydroxylation is 1. The van der Waals surface area contributed by atoms with Crippen molar-refractivity contribution >= 4 is 5.97 Å². The van der Waals surface area contributed by atoms with E-state index in [1.54, 1.807) is 6.07 Å². The molecule has 0 heterocycles. The van der Waals surface area contributed by atoms with E-state index >= 15 is 0 Å². The lowest BCUT2D eigenvalue weighted by molar-refractivity contribution is 0.0696. The van der Waals surface area contributed by atoms with Gasteiger partial charge in [-0.15, -0.1) is 0 Å². The van der Waals surface area contributed by atoms with Crippen LogP contribution in [0, 0.1) is 6.92 Å². The molecule has 22 heavy (non-hydrogen) atoms. The summed E-state index contributed by atoms with van der Waals surface area (Å²) in [5, 5.41) is 9.00. The van der Waals surface area contributed by atoms with E-state index in [0.29, 0.717) is 18.1 Å². The third-order valence-corrected chi connectivity index (χ3v) is 3.01. The van der Waals surface area contributed by atoms with E-state index in [2.05, 4.69) is 0 Å². The summed E-state index contributed by atoms with van der Waals surface area (Å²) in [6.07, 6.45) is 0. The first-order chi connectivity index (χ1) is 10.6. The van der Waals surface area contributed by atoms with E-state index < -0.39 is 5.97 Å². The molecule has 0 aliphatic rings. The zero-order valence-electron chi connectivity index (χ0n) is 12.5. The highest BCUT2D eigenvalue weighted by Gasteiger charge is 2.10. The molecular formula is C17H18O5. The van der Waals surface area contributed by atoms with Gasteiger partial charge in [-0.05, 0) is 42.8 Å². The van der Waals surface area contributed by atoms with Gasteiger partial charge in [-0.3, -0.25) is 0 Å². The molecule has 0 aliphatic heterocycles. The molecule has 0 spiro atoms. The number of carboxylic acid groups (broad SMARTS) is 1. The fourth-order valence-electron chi connectivity index (χ4n) is 1.94. The Morgan fingerprint density at radius 3 is 2.50 bits per heavy atom. The third kappa shape index (κ3) is 4.15. The molecule has 0 aliphatic carbocycles. The van der Waals surface area contributed by atoms with Gasteiger partial charge < -0.3 is 19.3 Å². The first-order valence-corrected chi connectivity index (χ1v) is 6.84. The summed E-state index contributed by atoms with van der Waals surface area (Å²) in [7, 11) is 1.51. The normalized spacial score (nSPS) is 10.1. The van der Waals surface area contributed by atoms with Crippen LogP contribution in [0.1, 0.15) is 15.9 Å². The highest BCUT2D eigenvalue weighted by molar-refractivity contribution is 5.88. The van der Waals surface area contributed by atoms with Gasteiger partial charge in [0.2, 0.25) is 0 Å². The molecule has 0 amide bonds. The Hall–Kier alpha value is -2.69. The molecule has 0 radical (unpaired) electrons. The molecule has 1 N–H and O–H groups in total. The quantitative estimate of drug-likeness (QED) is 0.796. The summed E-state index contributed by atoms with van der Waals surface area (Å²) in [4.78, 5) is 11.0. The first kappa shape index (κ1) is 15.7. The molecule has 116 valence electrons. The fraction of sp³-hybridized carbons (Fsp3) is 0.235. The third-order valence-electron chi connectivity index (χ3n) is 3.01. The number of rotatable bonds is 7. The van der Waals surface area contributed by atoms with Gasteiger partial charge in [0.05, 0.1) is 12.7 Å². The monoisotopic (exact) mass is 302 g/mol. The minimum atomic E-state index is -1.01. The van der Waals surface area contributed by atoms with Crippen LogP contribution in [0.15, 0.2) is 42.5 Å². The van der Waals surface area contributed by atoms with Crippen LogP contribution in [0.4, 0.5) is 0 Å². The molecule has 0 saturated carbocycles. The fourth-order valence-corrected chi connectivity index (χ4v) is 1.94. The Morgan fingerprint density at radius 1 is 1.05 bits per heavy atom. The summed E-state index contributed by atoms with van der Waals surface area (Å²) in [6.45, 7) is 2.63. The maximum absolute atomic E-state index is 11.0. The Balaban J connectivity index is 1.93. The van der Waals surface area contributed by atoms with Crippen molar-refractivity contribution < 1.29 is 24.1 Å². The summed E-state index contributed by atoms with van der Waals surface area (Å²) in [5.74, 6) is 0.633.